The molecule has 0 saturated heterocycles. The minimum atomic E-state index is -0.544. The van der Waals surface area contributed by atoms with Crippen molar-refractivity contribution >= 4 is 39.9 Å². The Balaban J connectivity index is 1.55. The number of fused-ring (bicyclic) bond motifs is 1. The molecule has 1 amide bonds. The number of thiophene rings is 1. The normalized spacial score (nSPS) is 12.9. The van der Waals surface area contributed by atoms with Gasteiger partial charge in [-0.3, -0.25) is 4.79 Å². The quantitative estimate of drug-likeness (QED) is 0.337. The Morgan fingerprint density at radius 3 is 2.76 bits per heavy atom. The molecule has 3 aromatic rings. The van der Waals surface area contributed by atoms with Gasteiger partial charge in [-0.05, 0) is 61.1 Å². The van der Waals surface area contributed by atoms with Crippen LogP contribution in [0.2, 0.25) is 5.02 Å². The van der Waals surface area contributed by atoms with Gasteiger partial charge in [0.1, 0.15) is 35.1 Å². The first-order valence-corrected chi connectivity index (χ1v) is 11.7. The van der Waals surface area contributed by atoms with Crippen LogP contribution in [0.5, 0.6) is 5.75 Å². The molecule has 1 heterocycles. The molecule has 7 heteroatoms. The molecule has 1 N–H and O–H groups in total. The van der Waals surface area contributed by atoms with Crippen molar-refractivity contribution in [3.05, 3.63) is 86.3 Å². The Labute approximate surface area is 201 Å². The fourth-order valence-corrected chi connectivity index (χ4v) is 5.21. The van der Waals surface area contributed by atoms with Crippen molar-refractivity contribution in [2.45, 2.75) is 32.3 Å². The van der Waals surface area contributed by atoms with Gasteiger partial charge < -0.3 is 10.1 Å². The summed E-state index contributed by atoms with van der Waals surface area (Å²) in [6.07, 6.45) is 5.40. The first kappa shape index (κ1) is 22.6. The van der Waals surface area contributed by atoms with Gasteiger partial charge >= 0.3 is 0 Å². The number of hydrogen-bond donors (Lipinski definition) is 1. The van der Waals surface area contributed by atoms with Crippen molar-refractivity contribution in [3.63, 3.8) is 0 Å². The molecule has 1 aliphatic rings. The summed E-state index contributed by atoms with van der Waals surface area (Å²) in [5.41, 5.74) is 3.00. The van der Waals surface area contributed by atoms with Gasteiger partial charge in [0.25, 0.3) is 5.91 Å². The third-order valence-electron chi connectivity index (χ3n) is 5.38. The number of benzene rings is 2. The van der Waals surface area contributed by atoms with Crippen molar-refractivity contribution < 1.29 is 9.53 Å². The molecule has 2 aromatic carbocycles. The van der Waals surface area contributed by atoms with Gasteiger partial charge in [0.05, 0.1) is 5.56 Å². The van der Waals surface area contributed by atoms with Crippen LogP contribution in [0.1, 0.15) is 40.0 Å². The Kier molecular flexibility index (Phi) is 7.10. The summed E-state index contributed by atoms with van der Waals surface area (Å²) in [7, 11) is 0. The number of rotatable bonds is 6. The number of aryl methyl sites for hydroxylation is 1. The van der Waals surface area contributed by atoms with Crippen LogP contribution in [0.15, 0.2) is 54.1 Å². The van der Waals surface area contributed by atoms with E-state index in [4.69, 9.17) is 16.3 Å². The molecule has 0 atom stereocenters. The van der Waals surface area contributed by atoms with E-state index in [-0.39, 0.29) is 5.57 Å². The number of para-hydroxylation sites is 1. The summed E-state index contributed by atoms with van der Waals surface area (Å²) in [6, 6.07) is 18.8. The van der Waals surface area contributed by atoms with E-state index in [0.29, 0.717) is 33.5 Å². The Morgan fingerprint density at radius 1 is 1.15 bits per heavy atom. The molecule has 0 bridgehead atoms. The van der Waals surface area contributed by atoms with Crippen molar-refractivity contribution in [2.24, 2.45) is 0 Å². The lowest BCUT2D eigenvalue weighted by atomic mass is 9.96. The third-order valence-corrected chi connectivity index (χ3v) is 6.82. The minimum absolute atomic E-state index is 0.0657. The van der Waals surface area contributed by atoms with Crippen molar-refractivity contribution in [1.82, 2.24) is 0 Å². The van der Waals surface area contributed by atoms with Crippen LogP contribution >= 0.6 is 22.9 Å². The lowest BCUT2D eigenvalue weighted by Gasteiger charge is -2.10. The van der Waals surface area contributed by atoms with E-state index in [1.54, 1.807) is 18.2 Å². The first-order valence-electron chi connectivity index (χ1n) is 10.5. The van der Waals surface area contributed by atoms with E-state index in [2.05, 4.69) is 11.4 Å². The number of carbonyl (C=O) groups is 1. The average Bonchev–Trinajstić information content (AvgIpc) is 3.18. The van der Waals surface area contributed by atoms with Gasteiger partial charge in [-0.2, -0.15) is 10.5 Å². The van der Waals surface area contributed by atoms with Crippen LogP contribution in [-0.2, 0) is 24.2 Å². The predicted octanol–water partition coefficient (Wildman–Crippen LogP) is 6.28. The van der Waals surface area contributed by atoms with Crippen LogP contribution in [0, 0.1) is 22.7 Å². The molecule has 1 aromatic heterocycles. The van der Waals surface area contributed by atoms with Crippen LogP contribution < -0.4 is 10.1 Å². The van der Waals surface area contributed by atoms with E-state index >= 15 is 0 Å². The molecule has 0 saturated carbocycles. The number of amides is 1. The summed E-state index contributed by atoms with van der Waals surface area (Å²) >= 11 is 7.47. The fraction of sp³-hybridized carbons (Fsp3) is 0.192. The highest BCUT2D eigenvalue weighted by Crippen LogP contribution is 2.37. The first-order chi connectivity index (χ1) is 16.1. The second-order valence-electron chi connectivity index (χ2n) is 7.61. The molecule has 0 unspecified atom stereocenters. The zero-order valence-electron chi connectivity index (χ0n) is 17.7. The predicted molar refractivity (Wildman–Crippen MR) is 130 cm³/mol. The molecule has 0 aliphatic heterocycles. The van der Waals surface area contributed by atoms with E-state index < -0.39 is 5.91 Å². The molecule has 0 spiro atoms. The standard InChI is InChI=1S/C26H20ClN3O2S/c27-20-8-5-6-17(12-20)16-32-23-10-3-1-7-18(23)13-19(14-28)25(31)30-26-22(15-29)21-9-2-4-11-24(21)33-26/h1,3,5-8,10,12-13H,2,4,9,11,16H2,(H,30,31). The third kappa shape index (κ3) is 5.26. The number of halogens is 1. The van der Waals surface area contributed by atoms with E-state index in [1.807, 2.05) is 36.4 Å². The van der Waals surface area contributed by atoms with Gasteiger partial charge in [-0.15, -0.1) is 11.3 Å². The smallest absolute Gasteiger partial charge is 0.266 e. The second-order valence-corrected chi connectivity index (χ2v) is 9.15. The second kappa shape index (κ2) is 10.4. The highest BCUT2D eigenvalue weighted by atomic mass is 35.5. The Bertz CT molecular complexity index is 1310. The molecule has 5 nitrogen and oxygen atoms in total. The number of carbonyl (C=O) groups excluding carboxylic acids is 1. The maximum atomic E-state index is 12.9. The molecule has 164 valence electrons. The van der Waals surface area contributed by atoms with E-state index in [9.17, 15) is 15.3 Å². The summed E-state index contributed by atoms with van der Waals surface area (Å²) < 4.78 is 5.93. The van der Waals surface area contributed by atoms with Gasteiger partial charge in [0.15, 0.2) is 0 Å². The maximum absolute atomic E-state index is 12.9. The number of anilines is 1. The van der Waals surface area contributed by atoms with Crippen LogP contribution in [0.25, 0.3) is 6.08 Å². The fourth-order valence-electron chi connectivity index (χ4n) is 3.77. The average molecular weight is 474 g/mol. The van der Waals surface area contributed by atoms with Gasteiger partial charge in [0, 0.05) is 15.5 Å². The monoisotopic (exact) mass is 473 g/mol. The van der Waals surface area contributed by atoms with Crippen molar-refractivity contribution in [2.75, 3.05) is 5.32 Å². The SMILES string of the molecule is N#CC(=Cc1ccccc1OCc1cccc(Cl)c1)C(=O)Nc1sc2c(c1C#N)CCCC2. The highest BCUT2D eigenvalue weighted by molar-refractivity contribution is 7.16. The lowest BCUT2D eigenvalue weighted by Crippen LogP contribution is -2.13. The maximum Gasteiger partial charge on any atom is 0.266 e. The molecule has 0 radical (unpaired) electrons. The van der Waals surface area contributed by atoms with Crippen molar-refractivity contribution in [1.29, 1.82) is 10.5 Å². The summed E-state index contributed by atoms with van der Waals surface area (Å²) in [5, 5.41) is 23.2. The zero-order valence-corrected chi connectivity index (χ0v) is 19.3. The summed E-state index contributed by atoms with van der Waals surface area (Å²) in [5.74, 6) is -0.000400. The topological polar surface area (TPSA) is 85.9 Å². The number of nitriles is 2. The molecule has 0 fully saturated rings. The minimum Gasteiger partial charge on any atom is -0.488 e. The molecule has 4 rings (SSSR count). The summed E-state index contributed by atoms with van der Waals surface area (Å²) in [6.45, 7) is 0.297. The van der Waals surface area contributed by atoms with Gasteiger partial charge in [-0.1, -0.05) is 41.9 Å². The van der Waals surface area contributed by atoms with E-state index in [1.165, 1.54) is 17.4 Å². The highest BCUT2D eigenvalue weighted by Gasteiger charge is 2.22. The van der Waals surface area contributed by atoms with Crippen LogP contribution in [-0.4, -0.2) is 5.91 Å². The lowest BCUT2D eigenvalue weighted by molar-refractivity contribution is -0.112. The number of nitrogens with zero attached hydrogens (tertiary/aromatic N) is 2. The summed E-state index contributed by atoms with van der Waals surface area (Å²) in [4.78, 5) is 14.0. The Morgan fingerprint density at radius 2 is 1.97 bits per heavy atom. The van der Waals surface area contributed by atoms with Crippen molar-refractivity contribution in [3.8, 4) is 17.9 Å². The number of ether oxygens (including phenoxy) is 1. The zero-order chi connectivity index (χ0) is 23.2. The largest absolute Gasteiger partial charge is 0.488 e. The number of nitrogens with one attached hydrogen (secondary N) is 1. The molecular formula is C26H20ClN3O2S. The van der Waals surface area contributed by atoms with Crippen LogP contribution in [0.3, 0.4) is 0 Å². The van der Waals surface area contributed by atoms with Gasteiger partial charge in [0.2, 0.25) is 0 Å². The molecule has 33 heavy (non-hydrogen) atoms. The van der Waals surface area contributed by atoms with E-state index in [0.717, 1.165) is 41.7 Å². The van der Waals surface area contributed by atoms with Gasteiger partial charge in [-0.25, -0.2) is 0 Å². The molecule has 1 aliphatic carbocycles. The van der Waals surface area contributed by atoms with Crippen LogP contribution in [0.4, 0.5) is 5.00 Å². The number of hydrogen-bond acceptors (Lipinski definition) is 5. The molecular weight excluding hydrogens is 454 g/mol. The Hall–Kier alpha value is -3.58.